The molecule has 11 nitrogen and oxygen atoms in total. The number of amides is 1. The fourth-order valence-electron chi connectivity index (χ4n) is 6.23. The average Bonchev–Trinajstić information content (AvgIpc) is 4.09. The van der Waals surface area contributed by atoms with Crippen LogP contribution in [0.5, 0.6) is 11.5 Å². The van der Waals surface area contributed by atoms with Gasteiger partial charge in [-0.15, -0.1) is 22.7 Å². The number of rotatable bonds is 11. The molecule has 1 amide bonds. The third-order valence-electron chi connectivity index (χ3n) is 9.16. The molecule has 0 fully saturated rings. The normalized spacial score (nSPS) is 14.5. The quantitative estimate of drug-likeness (QED) is 0.0840. The lowest BCUT2D eigenvalue weighted by Gasteiger charge is -2.11. The van der Waals surface area contributed by atoms with E-state index >= 15 is 0 Å². The number of Topliss-reactive ketones (excluding diaryl/α,β-unsaturated/α-hetero) is 2. The van der Waals surface area contributed by atoms with Crippen LogP contribution < -0.4 is 20.5 Å². The molecule has 62 heavy (non-hydrogen) atoms. The minimum absolute atomic E-state index is 0. The van der Waals surface area contributed by atoms with E-state index in [-0.39, 0.29) is 37.1 Å². The van der Waals surface area contributed by atoms with E-state index in [4.69, 9.17) is 43.5 Å². The Labute approximate surface area is 377 Å². The number of pyridine rings is 2. The summed E-state index contributed by atoms with van der Waals surface area (Å²) < 4.78 is 11.7. The zero-order valence-corrected chi connectivity index (χ0v) is 36.1. The Morgan fingerprint density at radius 1 is 0.758 bits per heavy atom. The topological polar surface area (TPSA) is 171 Å². The number of carboxylic acids is 1. The molecule has 2 aliphatic rings. The second-order valence-corrected chi connectivity index (χ2v) is 16.8. The van der Waals surface area contributed by atoms with Gasteiger partial charge in [-0.1, -0.05) is 42.8 Å². The van der Waals surface area contributed by atoms with Gasteiger partial charge in [0.05, 0.1) is 26.3 Å². The maximum absolute atomic E-state index is 12.1. The largest absolute Gasteiger partial charge is 0.487 e. The average molecular weight is 912 g/mol. The Bertz CT molecular complexity index is 2590. The summed E-state index contributed by atoms with van der Waals surface area (Å²) in [6, 6.07) is 22.7. The highest BCUT2D eigenvalue weighted by atomic mass is 35.5. The van der Waals surface area contributed by atoms with Crippen LogP contribution in [0.25, 0.3) is 33.0 Å². The molecule has 8 rings (SSSR count). The maximum Gasteiger partial charge on any atom is 0.328 e. The van der Waals surface area contributed by atoms with E-state index in [0.29, 0.717) is 35.3 Å². The molecular weight excluding hydrogens is 868 g/mol. The first-order valence-electron chi connectivity index (χ1n) is 18.9. The van der Waals surface area contributed by atoms with E-state index in [9.17, 15) is 19.2 Å². The number of ketones is 2. The van der Waals surface area contributed by atoms with Crippen molar-refractivity contribution < 1.29 is 33.8 Å². The lowest BCUT2D eigenvalue weighted by atomic mass is 10.1. The summed E-state index contributed by atoms with van der Waals surface area (Å²) >= 11 is 15.7. The first-order chi connectivity index (χ1) is 29.4. The number of carboxylic acid groups (broad SMARTS) is 1. The van der Waals surface area contributed by atoms with Crippen LogP contribution in [0.2, 0.25) is 10.0 Å². The molecule has 2 aromatic carbocycles. The molecule has 6 heterocycles. The third kappa shape index (κ3) is 12.8. The van der Waals surface area contributed by atoms with Crippen molar-refractivity contribution in [1.82, 2.24) is 15.3 Å². The zero-order valence-electron chi connectivity index (χ0n) is 33.0. The van der Waals surface area contributed by atoms with E-state index in [1.807, 2.05) is 54.6 Å². The van der Waals surface area contributed by atoms with Crippen molar-refractivity contribution in [1.29, 1.82) is 0 Å². The van der Waals surface area contributed by atoms with E-state index in [0.717, 1.165) is 71.1 Å². The smallest absolute Gasteiger partial charge is 0.328 e. The van der Waals surface area contributed by atoms with Crippen LogP contribution in [0, 0.1) is 0 Å². The number of benzene rings is 2. The van der Waals surface area contributed by atoms with Crippen LogP contribution >= 0.6 is 45.9 Å². The van der Waals surface area contributed by atoms with Gasteiger partial charge < -0.3 is 25.6 Å². The van der Waals surface area contributed by atoms with Gasteiger partial charge in [-0.2, -0.15) is 0 Å². The van der Waals surface area contributed by atoms with Gasteiger partial charge in [0.25, 0.3) is 0 Å². The van der Waals surface area contributed by atoms with Crippen LogP contribution in [-0.4, -0.2) is 63.8 Å². The van der Waals surface area contributed by atoms with E-state index in [2.05, 4.69) is 21.4 Å². The fourth-order valence-corrected chi connectivity index (χ4v) is 8.58. The minimum atomic E-state index is -0.950. The molecule has 0 bridgehead atoms. The van der Waals surface area contributed by atoms with Crippen molar-refractivity contribution in [3.8, 4) is 32.4 Å². The number of nitrogens with zero attached hydrogens (tertiary/aromatic N) is 2. The van der Waals surface area contributed by atoms with E-state index < -0.39 is 5.97 Å². The number of ether oxygens (including phenoxy) is 2. The summed E-state index contributed by atoms with van der Waals surface area (Å²) in [6.45, 7) is 3.99. The van der Waals surface area contributed by atoms with Crippen LogP contribution in [0.3, 0.4) is 0 Å². The van der Waals surface area contributed by atoms with Gasteiger partial charge in [0.1, 0.15) is 23.7 Å². The van der Waals surface area contributed by atoms with Crippen molar-refractivity contribution in [3.05, 3.63) is 152 Å². The highest BCUT2D eigenvalue weighted by molar-refractivity contribution is 7.17. The van der Waals surface area contributed by atoms with Crippen molar-refractivity contribution >= 4 is 81.5 Å². The number of aliphatic carboxylic acids is 1. The number of thiophene rings is 2. The zero-order chi connectivity index (χ0) is 43.5. The summed E-state index contributed by atoms with van der Waals surface area (Å²) in [4.78, 5) is 56.4. The first kappa shape index (κ1) is 47.1. The number of hydrogen-bond acceptors (Lipinski definition) is 11. The van der Waals surface area contributed by atoms with Crippen molar-refractivity contribution in [2.45, 2.75) is 46.3 Å². The fraction of sp³-hybridized carbons (Fsp3) is 0.191. The molecule has 15 heteroatoms. The van der Waals surface area contributed by atoms with Crippen LogP contribution in [0.15, 0.2) is 110 Å². The number of carbonyl (C=O) groups excluding carboxylic acids is 3. The summed E-state index contributed by atoms with van der Waals surface area (Å²) in [5, 5.41) is 12.3. The molecule has 6 aromatic rings. The number of nitrogens with one attached hydrogen (secondary N) is 1. The second-order valence-electron chi connectivity index (χ2n) is 13.8. The van der Waals surface area contributed by atoms with Crippen LogP contribution in [0.4, 0.5) is 0 Å². The Kier molecular flexibility index (Phi) is 16.9. The number of fused-ring (bicyclic) bond motifs is 2. The van der Waals surface area contributed by atoms with Crippen LogP contribution in [0.1, 0.15) is 62.9 Å². The maximum atomic E-state index is 12.1. The Balaban J connectivity index is 0.000000195. The van der Waals surface area contributed by atoms with Gasteiger partial charge in [0.15, 0.2) is 11.6 Å². The Morgan fingerprint density at radius 3 is 1.68 bits per heavy atom. The molecule has 2 unspecified atom stereocenters. The van der Waals surface area contributed by atoms with Gasteiger partial charge in [-0.05, 0) is 109 Å². The summed E-state index contributed by atoms with van der Waals surface area (Å²) in [6.07, 6.45) is 13.6. The highest BCUT2D eigenvalue weighted by Crippen LogP contribution is 2.42. The molecule has 4 N–H and O–H groups in total. The predicted molar refractivity (Wildman–Crippen MR) is 249 cm³/mol. The lowest BCUT2D eigenvalue weighted by molar-refractivity contribution is -0.131. The number of halogens is 2. The number of nitrogens with two attached hydrogens (primary N) is 1. The van der Waals surface area contributed by atoms with Gasteiger partial charge in [-0.25, -0.2) is 4.79 Å². The van der Waals surface area contributed by atoms with Gasteiger partial charge in [-0.3, -0.25) is 24.4 Å². The number of aromatic nitrogens is 2. The Morgan fingerprint density at radius 2 is 1.24 bits per heavy atom. The monoisotopic (exact) mass is 910 g/mol. The van der Waals surface area contributed by atoms with E-state index in [1.165, 1.54) is 34.8 Å². The molecule has 0 saturated carbocycles. The van der Waals surface area contributed by atoms with E-state index in [1.54, 1.807) is 56.8 Å². The van der Waals surface area contributed by atoms with Gasteiger partial charge in [0, 0.05) is 77.2 Å². The molecule has 0 saturated heterocycles. The SMILES string of the molecule is C.CC(=O)c1ccc(-c2cc(Cl)c3c(c2)CC(CN)O3)s1.CC(=O)c1ccc(-c2cc(Cl)c3c(c2)CC(CNC(=O)/C=C/c2cccnc2)O3)s1.O=C(O)/C=C/c1cccnc1. The van der Waals surface area contributed by atoms with Crippen molar-refractivity contribution in [2.75, 3.05) is 13.1 Å². The standard InChI is InChI=1S/C23H19ClN2O3S.C15H14ClNO2S.C8H7NO2.CH4/c1-14(27)20-5-6-21(30-20)16-9-17-10-18(29-23(17)19(24)11-16)13-26-22(28)7-4-15-3-2-8-25-12-15;1-8(18)13-2-3-14(20-13)9-4-10-5-11(7-17)19-15(10)12(16)6-9;10-8(11)4-3-7-2-1-5-9-6-7;/h2-9,11-12,18H,10,13H2,1H3,(H,26,28);2-4,6,11H,5,7,17H2,1H3;1-6H,(H,10,11);1H4/b7-4+;;4-3+;. The molecule has 2 atom stereocenters. The number of hydrogen-bond donors (Lipinski definition) is 3. The molecule has 0 radical (unpaired) electrons. The summed E-state index contributed by atoms with van der Waals surface area (Å²) in [5.74, 6) is 0.396. The lowest BCUT2D eigenvalue weighted by Crippen LogP contribution is -2.33. The molecule has 0 spiro atoms. The van der Waals surface area contributed by atoms with Crippen molar-refractivity contribution in [2.24, 2.45) is 5.73 Å². The molecule has 320 valence electrons. The Hall–Kier alpha value is -5.96. The molecule has 0 aliphatic carbocycles. The third-order valence-corrected chi connectivity index (χ3v) is 12.2. The van der Waals surface area contributed by atoms with Gasteiger partial charge >= 0.3 is 5.97 Å². The molecule has 2 aliphatic heterocycles. The predicted octanol–water partition coefficient (Wildman–Crippen LogP) is 10.1. The highest BCUT2D eigenvalue weighted by Gasteiger charge is 2.27. The van der Waals surface area contributed by atoms with Crippen molar-refractivity contribution in [3.63, 3.8) is 0 Å². The number of carbonyl (C=O) groups is 4. The first-order valence-corrected chi connectivity index (χ1v) is 21.3. The van der Waals surface area contributed by atoms with Gasteiger partial charge in [0.2, 0.25) is 5.91 Å². The second kappa shape index (κ2) is 22.2. The summed E-state index contributed by atoms with van der Waals surface area (Å²) in [5.41, 5.74) is 11.4. The molecule has 4 aromatic heterocycles. The molecular formula is C47H44Cl2N4O7S2. The minimum Gasteiger partial charge on any atom is -0.487 e. The summed E-state index contributed by atoms with van der Waals surface area (Å²) in [7, 11) is 0. The van der Waals surface area contributed by atoms with Crippen LogP contribution in [-0.2, 0) is 22.4 Å².